The Labute approximate surface area is 113 Å². The van der Waals surface area contributed by atoms with E-state index in [0.717, 1.165) is 18.4 Å². The number of likely N-dealkylation sites (tertiary alicyclic amines) is 1. The second-order valence-electron chi connectivity index (χ2n) is 5.43. The third kappa shape index (κ3) is 3.26. The summed E-state index contributed by atoms with van der Waals surface area (Å²) in [5.41, 5.74) is 1.41. The van der Waals surface area contributed by atoms with Crippen LogP contribution in [0.2, 0.25) is 0 Å². The average molecular weight is 263 g/mol. The molecular formula is C15H21NO3. The van der Waals surface area contributed by atoms with Crippen LogP contribution in [0.15, 0.2) is 18.2 Å². The van der Waals surface area contributed by atoms with Crippen molar-refractivity contribution in [1.29, 1.82) is 0 Å². The van der Waals surface area contributed by atoms with E-state index in [1.807, 2.05) is 6.92 Å². The number of aliphatic hydroxyl groups is 1. The lowest BCUT2D eigenvalue weighted by Gasteiger charge is -2.33. The van der Waals surface area contributed by atoms with Gasteiger partial charge in [0, 0.05) is 18.7 Å². The molecular weight excluding hydrogens is 242 g/mol. The van der Waals surface area contributed by atoms with E-state index in [-0.39, 0.29) is 23.7 Å². The van der Waals surface area contributed by atoms with Gasteiger partial charge in [-0.1, -0.05) is 0 Å². The molecule has 104 valence electrons. The number of hydrogen-bond donors (Lipinski definition) is 2. The highest BCUT2D eigenvalue weighted by atomic mass is 16.3. The molecule has 0 radical (unpaired) electrons. The molecule has 1 aromatic rings. The third-order valence-electron chi connectivity index (χ3n) is 3.82. The average Bonchev–Trinajstić information content (AvgIpc) is 2.37. The minimum absolute atomic E-state index is 0.0388. The molecule has 0 bridgehead atoms. The van der Waals surface area contributed by atoms with Crippen LogP contribution in [0, 0.1) is 12.8 Å². The van der Waals surface area contributed by atoms with Gasteiger partial charge in [-0.3, -0.25) is 4.79 Å². The molecule has 0 aromatic heterocycles. The van der Waals surface area contributed by atoms with Gasteiger partial charge in [0.05, 0.1) is 6.10 Å². The molecule has 4 heteroatoms. The number of aromatic hydroxyl groups is 1. The Balaban J connectivity index is 2.05. The number of carbonyl (C=O) groups excluding carboxylic acids is 1. The molecule has 2 rings (SSSR count). The molecule has 0 aliphatic carbocycles. The van der Waals surface area contributed by atoms with Gasteiger partial charge < -0.3 is 15.1 Å². The summed E-state index contributed by atoms with van der Waals surface area (Å²) in [4.78, 5) is 14.1. The Morgan fingerprint density at radius 1 is 1.32 bits per heavy atom. The molecule has 19 heavy (non-hydrogen) atoms. The van der Waals surface area contributed by atoms with Gasteiger partial charge in [-0.25, -0.2) is 0 Å². The number of amides is 1. The van der Waals surface area contributed by atoms with E-state index in [9.17, 15) is 15.0 Å². The van der Waals surface area contributed by atoms with Crippen molar-refractivity contribution in [2.75, 3.05) is 13.1 Å². The summed E-state index contributed by atoms with van der Waals surface area (Å²) in [6, 6.07) is 4.94. The highest BCUT2D eigenvalue weighted by Crippen LogP contribution is 2.23. The fourth-order valence-electron chi connectivity index (χ4n) is 2.65. The Bertz CT molecular complexity index is 442. The van der Waals surface area contributed by atoms with Crippen molar-refractivity contribution < 1.29 is 15.0 Å². The lowest BCUT2D eigenvalue weighted by molar-refractivity contribution is 0.0521. The van der Waals surface area contributed by atoms with Crippen LogP contribution in [-0.2, 0) is 0 Å². The maximum absolute atomic E-state index is 12.3. The van der Waals surface area contributed by atoms with Crippen molar-refractivity contribution in [2.24, 2.45) is 5.92 Å². The lowest BCUT2D eigenvalue weighted by atomic mass is 9.92. The summed E-state index contributed by atoms with van der Waals surface area (Å²) in [5.74, 6) is 0.375. The van der Waals surface area contributed by atoms with Gasteiger partial charge in [0.15, 0.2) is 0 Å². The summed E-state index contributed by atoms with van der Waals surface area (Å²) in [6.07, 6.45) is 1.36. The monoisotopic (exact) mass is 263 g/mol. The van der Waals surface area contributed by atoms with Crippen LogP contribution in [0.5, 0.6) is 5.75 Å². The van der Waals surface area contributed by atoms with Gasteiger partial charge in [0.1, 0.15) is 5.75 Å². The largest absolute Gasteiger partial charge is 0.508 e. The first-order chi connectivity index (χ1) is 8.97. The van der Waals surface area contributed by atoms with E-state index < -0.39 is 0 Å². The Morgan fingerprint density at radius 2 is 1.95 bits per heavy atom. The van der Waals surface area contributed by atoms with Gasteiger partial charge in [0.25, 0.3) is 5.91 Å². The number of aryl methyl sites for hydroxylation is 1. The summed E-state index contributed by atoms with van der Waals surface area (Å²) in [6.45, 7) is 5.00. The maximum Gasteiger partial charge on any atom is 0.253 e. The SMILES string of the molecule is Cc1cc(O)cc(C(=O)N2CCC(C(C)O)CC2)c1. The standard InChI is InChI=1S/C15H21NO3/c1-10-7-13(9-14(18)8-10)15(19)16-5-3-12(4-6-16)11(2)17/h7-9,11-12,17-18H,3-6H2,1-2H3. The number of nitrogens with zero attached hydrogens (tertiary/aromatic N) is 1. The summed E-state index contributed by atoms with van der Waals surface area (Å²) in [7, 11) is 0. The third-order valence-corrected chi connectivity index (χ3v) is 3.82. The van der Waals surface area contributed by atoms with Gasteiger partial charge in [0.2, 0.25) is 0 Å². The summed E-state index contributed by atoms with van der Waals surface area (Å²) >= 11 is 0. The van der Waals surface area contributed by atoms with Crippen molar-refractivity contribution in [3.63, 3.8) is 0 Å². The first-order valence-corrected chi connectivity index (χ1v) is 6.75. The van der Waals surface area contributed by atoms with Crippen LogP contribution in [0.1, 0.15) is 35.7 Å². The Hall–Kier alpha value is -1.55. The van der Waals surface area contributed by atoms with E-state index in [1.54, 1.807) is 24.0 Å². The van der Waals surface area contributed by atoms with E-state index in [4.69, 9.17) is 0 Å². The predicted octanol–water partition coefficient (Wildman–Crippen LogP) is 1.93. The minimum atomic E-state index is -0.305. The molecule has 1 fully saturated rings. The van der Waals surface area contributed by atoms with Crippen molar-refractivity contribution in [1.82, 2.24) is 4.90 Å². The zero-order valence-corrected chi connectivity index (χ0v) is 11.5. The van der Waals surface area contributed by atoms with Gasteiger partial charge in [-0.15, -0.1) is 0 Å². The van der Waals surface area contributed by atoms with Crippen LogP contribution in [0.3, 0.4) is 0 Å². The van der Waals surface area contributed by atoms with Gasteiger partial charge >= 0.3 is 0 Å². The second kappa shape index (κ2) is 5.61. The molecule has 1 atom stereocenters. The van der Waals surface area contributed by atoms with Crippen LogP contribution in [-0.4, -0.2) is 40.2 Å². The van der Waals surface area contributed by atoms with Crippen molar-refractivity contribution in [3.8, 4) is 5.75 Å². The van der Waals surface area contributed by atoms with Crippen LogP contribution < -0.4 is 0 Å². The number of aliphatic hydroxyl groups excluding tert-OH is 1. The van der Waals surface area contributed by atoms with Gasteiger partial charge in [-0.05, 0) is 56.4 Å². The Morgan fingerprint density at radius 3 is 2.47 bits per heavy atom. The normalized spacial score (nSPS) is 18.4. The number of phenols is 1. The second-order valence-corrected chi connectivity index (χ2v) is 5.43. The topological polar surface area (TPSA) is 60.8 Å². The minimum Gasteiger partial charge on any atom is -0.508 e. The zero-order chi connectivity index (χ0) is 14.0. The van der Waals surface area contributed by atoms with Gasteiger partial charge in [-0.2, -0.15) is 0 Å². The Kier molecular flexibility index (Phi) is 4.10. The van der Waals surface area contributed by atoms with Crippen molar-refractivity contribution in [2.45, 2.75) is 32.8 Å². The summed E-state index contributed by atoms with van der Waals surface area (Å²) < 4.78 is 0. The molecule has 0 saturated carbocycles. The molecule has 1 unspecified atom stereocenters. The number of benzene rings is 1. The molecule has 1 heterocycles. The summed E-state index contributed by atoms with van der Waals surface area (Å²) in [5, 5.41) is 19.1. The highest BCUT2D eigenvalue weighted by Gasteiger charge is 2.26. The van der Waals surface area contributed by atoms with E-state index in [0.29, 0.717) is 18.7 Å². The number of rotatable bonds is 2. The van der Waals surface area contributed by atoms with Crippen LogP contribution in [0.4, 0.5) is 0 Å². The first kappa shape index (κ1) is 13.9. The predicted molar refractivity (Wildman–Crippen MR) is 73.2 cm³/mol. The molecule has 1 aromatic carbocycles. The number of piperidine rings is 1. The molecule has 2 N–H and O–H groups in total. The molecule has 1 saturated heterocycles. The molecule has 1 aliphatic rings. The van der Waals surface area contributed by atoms with Crippen LogP contribution >= 0.6 is 0 Å². The lowest BCUT2D eigenvalue weighted by Crippen LogP contribution is -2.40. The quantitative estimate of drug-likeness (QED) is 0.857. The number of hydrogen-bond acceptors (Lipinski definition) is 3. The molecule has 1 aliphatic heterocycles. The molecule has 0 spiro atoms. The highest BCUT2D eigenvalue weighted by molar-refractivity contribution is 5.94. The fraction of sp³-hybridized carbons (Fsp3) is 0.533. The fourth-order valence-corrected chi connectivity index (χ4v) is 2.65. The smallest absolute Gasteiger partial charge is 0.253 e. The zero-order valence-electron chi connectivity index (χ0n) is 11.5. The van der Waals surface area contributed by atoms with Crippen molar-refractivity contribution >= 4 is 5.91 Å². The number of phenolic OH excluding ortho intramolecular Hbond substituents is 1. The van der Waals surface area contributed by atoms with E-state index in [1.165, 1.54) is 6.07 Å². The number of carbonyl (C=O) groups is 1. The molecule has 1 amide bonds. The first-order valence-electron chi connectivity index (χ1n) is 6.75. The van der Waals surface area contributed by atoms with Crippen LogP contribution in [0.25, 0.3) is 0 Å². The van der Waals surface area contributed by atoms with E-state index in [2.05, 4.69) is 0 Å². The van der Waals surface area contributed by atoms with Crippen molar-refractivity contribution in [3.05, 3.63) is 29.3 Å². The van der Waals surface area contributed by atoms with E-state index >= 15 is 0 Å². The maximum atomic E-state index is 12.3. The molecule has 4 nitrogen and oxygen atoms in total.